The molecule has 0 amide bonds. The summed E-state index contributed by atoms with van der Waals surface area (Å²) in [6.45, 7) is 2.95. The Morgan fingerprint density at radius 3 is 2.37 bits per heavy atom. The zero-order valence-corrected chi connectivity index (χ0v) is 10.9. The summed E-state index contributed by atoms with van der Waals surface area (Å²) in [5, 5.41) is 0.778. The van der Waals surface area contributed by atoms with Gasteiger partial charge in [0, 0.05) is 6.54 Å². The van der Waals surface area contributed by atoms with E-state index in [-0.39, 0.29) is 5.56 Å². The molecule has 0 saturated heterocycles. The van der Waals surface area contributed by atoms with E-state index in [1.165, 1.54) is 0 Å². The summed E-state index contributed by atoms with van der Waals surface area (Å²) in [7, 11) is 0. The van der Waals surface area contributed by atoms with E-state index in [9.17, 15) is 4.79 Å². The molecule has 1 heterocycles. The number of rotatable bonds is 3. The third kappa shape index (κ3) is 1.87. The largest absolute Gasteiger partial charge is 0.279 e. The fourth-order valence-corrected chi connectivity index (χ4v) is 2.47. The first kappa shape index (κ1) is 11.8. The van der Waals surface area contributed by atoms with Gasteiger partial charge in [-0.3, -0.25) is 9.48 Å². The molecule has 0 spiro atoms. The van der Waals surface area contributed by atoms with E-state index in [0.717, 1.165) is 29.6 Å². The molecule has 96 valence electrons. The first-order chi connectivity index (χ1) is 9.33. The minimum absolute atomic E-state index is 0.0512. The Bertz CT molecular complexity index is 753. The van der Waals surface area contributed by atoms with E-state index in [1.807, 2.05) is 54.6 Å². The Kier molecular flexibility index (Phi) is 2.95. The molecular formula is C16H16N2O. The van der Waals surface area contributed by atoms with Gasteiger partial charge in [-0.1, -0.05) is 37.3 Å². The van der Waals surface area contributed by atoms with Crippen molar-refractivity contribution in [2.45, 2.75) is 19.9 Å². The molecule has 3 rings (SSSR count). The second kappa shape index (κ2) is 4.76. The number of fused-ring (bicyclic) bond motifs is 1. The van der Waals surface area contributed by atoms with Gasteiger partial charge in [-0.2, -0.15) is 0 Å². The molecule has 0 radical (unpaired) electrons. The van der Waals surface area contributed by atoms with Crippen LogP contribution in [0.2, 0.25) is 0 Å². The second-order valence-electron chi connectivity index (χ2n) is 4.59. The van der Waals surface area contributed by atoms with Crippen LogP contribution in [0.1, 0.15) is 13.3 Å². The molecule has 3 heteroatoms. The number of para-hydroxylation sites is 2. The van der Waals surface area contributed by atoms with Crippen LogP contribution < -0.4 is 5.56 Å². The maximum absolute atomic E-state index is 12.6. The van der Waals surface area contributed by atoms with Gasteiger partial charge in [0.05, 0.1) is 16.6 Å². The highest BCUT2D eigenvalue weighted by molar-refractivity contribution is 5.79. The molecule has 0 aliphatic carbocycles. The van der Waals surface area contributed by atoms with Gasteiger partial charge >= 0.3 is 0 Å². The van der Waals surface area contributed by atoms with Crippen molar-refractivity contribution in [2.75, 3.05) is 0 Å². The van der Waals surface area contributed by atoms with Crippen molar-refractivity contribution in [3.05, 3.63) is 65.0 Å². The topological polar surface area (TPSA) is 26.9 Å². The fourth-order valence-electron chi connectivity index (χ4n) is 2.47. The van der Waals surface area contributed by atoms with Crippen molar-refractivity contribution in [3.63, 3.8) is 0 Å². The van der Waals surface area contributed by atoms with Crippen LogP contribution in [-0.2, 0) is 6.54 Å². The van der Waals surface area contributed by atoms with E-state index >= 15 is 0 Å². The fraction of sp³-hybridized carbons (Fsp3) is 0.188. The van der Waals surface area contributed by atoms with Crippen LogP contribution in [0, 0.1) is 0 Å². The Balaban J connectivity index is 2.37. The molecule has 0 saturated carbocycles. The van der Waals surface area contributed by atoms with Crippen LogP contribution in [0.25, 0.3) is 16.6 Å². The predicted octanol–water partition coefficient (Wildman–Crippen LogP) is 3.20. The van der Waals surface area contributed by atoms with E-state index < -0.39 is 0 Å². The Labute approximate surface area is 111 Å². The van der Waals surface area contributed by atoms with Gasteiger partial charge in [0.2, 0.25) is 0 Å². The standard InChI is InChI=1S/C16H16N2O/c1-2-12-17-15-11-7-6-10-14(15)16(19)18(17)13-8-4-3-5-9-13/h3-11H,2,12H2,1H3. The Morgan fingerprint density at radius 1 is 0.947 bits per heavy atom. The summed E-state index contributed by atoms with van der Waals surface area (Å²) >= 11 is 0. The number of hydrogen-bond acceptors (Lipinski definition) is 1. The van der Waals surface area contributed by atoms with Gasteiger partial charge in [-0.15, -0.1) is 0 Å². The molecular weight excluding hydrogens is 236 g/mol. The average Bonchev–Trinajstić information content (AvgIpc) is 2.74. The van der Waals surface area contributed by atoms with Crippen LogP contribution in [-0.4, -0.2) is 9.36 Å². The molecule has 0 unspecified atom stereocenters. The molecule has 2 aromatic carbocycles. The lowest BCUT2D eigenvalue weighted by molar-refractivity contribution is 0.553. The van der Waals surface area contributed by atoms with E-state index in [0.29, 0.717) is 0 Å². The van der Waals surface area contributed by atoms with Crippen LogP contribution >= 0.6 is 0 Å². The van der Waals surface area contributed by atoms with Crippen molar-refractivity contribution in [1.29, 1.82) is 0 Å². The number of hydrogen-bond donors (Lipinski definition) is 0. The number of benzene rings is 2. The van der Waals surface area contributed by atoms with E-state index in [4.69, 9.17) is 0 Å². The highest BCUT2D eigenvalue weighted by atomic mass is 16.1. The lowest BCUT2D eigenvalue weighted by Crippen LogP contribution is -2.21. The van der Waals surface area contributed by atoms with Gasteiger partial charge in [-0.05, 0) is 30.7 Å². The first-order valence-corrected chi connectivity index (χ1v) is 6.59. The molecule has 3 nitrogen and oxygen atoms in total. The second-order valence-corrected chi connectivity index (χ2v) is 4.59. The smallest absolute Gasteiger partial charge is 0.277 e. The number of aryl methyl sites for hydroxylation is 1. The molecule has 0 aliphatic heterocycles. The minimum atomic E-state index is 0.0512. The van der Waals surface area contributed by atoms with Gasteiger partial charge in [0.15, 0.2) is 0 Å². The molecule has 0 fully saturated rings. The summed E-state index contributed by atoms with van der Waals surface area (Å²) in [4.78, 5) is 12.6. The normalized spacial score (nSPS) is 11.0. The van der Waals surface area contributed by atoms with Crippen LogP contribution in [0.5, 0.6) is 0 Å². The van der Waals surface area contributed by atoms with Gasteiger partial charge in [0.1, 0.15) is 0 Å². The summed E-state index contributed by atoms with van der Waals surface area (Å²) < 4.78 is 3.83. The summed E-state index contributed by atoms with van der Waals surface area (Å²) in [5.74, 6) is 0. The van der Waals surface area contributed by atoms with Crippen molar-refractivity contribution in [1.82, 2.24) is 9.36 Å². The monoisotopic (exact) mass is 252 g/mol. The van der Waals surface area contributed by atoms with Crippen molar-refractivity contribution in [3.8, 4) is 5.69 Å². The molecule has 0 bridgehead atoms. The van der Waals surface area contributed by atoms with Crippen LogP contribution in [0.15, 0.2) is 59.4 Å². The summed E-state index contributed by atoms with van der Waals surface area (Å²) in [6.07, 6.45) is 0.991. The van der Waals surface area contributed by atoms with E-state index in [2.05, 4.69) is 11.6 Å². The van der Waals surface area contributed by atoms with Gasteiger partial charge in [-0.25, -0.2) is 4.68 Å². The Morgan fingerprint density at radius 2 is 1.63 bits per heavy atom. The average molecular weight is 252 g/mol. The van der Waals surface area contributed by atoms with Gasteiger partial charge in [0.25, 0.3) is 5.56 Å². The SMILES string of the molecule is CCCn1c2ccccc2c(=O)n1-c1ccccc1. The first-order valence-electron chi connectivity index (χ1n) is 6.59. The maximum Gasteiger partial charge on any atom is 0.279 e. The lowest BCUT2D eigenvalue weighted by atomic mass is 10.2. The quantitative estimate of drug-likeness (QED) is 0.703. The van der Waals surface area contributed by atoms with Crippen molar-refractivity contribution >= 4 is 10.9 Å². The zero-order valence-electron chi connectivity index (χ0n) is 10.9. The van der Waals surface area contributed by atoms with Crippen LogP contribution in [0.3, 0.4) is 0 Å². The minimum Gasteiger partial charge on any atom is -0.277 e. The highest BCUT2D eigenvalue weighted by Crippen LogP contribution is 2.15. The Hall–Kier alpha value is -2.29. The number of aromatic nitrogens is 2. The van der Waals surface area contributed by atoms with Crippen molar-refractivity contribution < 1.29 is 0 Å². The number of nitrogens with zero attached hydrogens (tertiary/aromatic N) is 2. The molecule has 1 aromatic heterocycles. The molecule has 0 atom stereocenters. The summed E-state index contributed by atoms with van der Waals surface area (Å²) in [6, 6.07) is 17.6. The van der Waals surface area contributed by atoms with Gasteiger partial charge < -0.3 is 0 Å². The zero-order chi connectivity index (χ0) is 13.2. The molecule has 3 aromatic rings. The van der Waals surface area contributed by atoms with Crippen LogP contribution in [0.4, 0.5) is 0 Å². The molecule has 0 aliphatic rings. The van der Waals surface area contributed by atoms with E-state index in [1.54, 1.807) is 4.68 Å². The maximum atomic E-state index is 12.6. The summed E-state index contributed by atoms with van der Waals surface area (Å²) in [5.41, 5.74) is 1.96. The molecule has 19 heavy (non-hydrogen) atoms. The third-order valence-corrected chi connectivity index (χ3v) is 3.28. The predicted molar refractivity (Wildman–Crippen MR) is 77.8 cm³/mol. The molecule has 0 N–H and O–H groups in total. The highest BCUT2D eigenvalue weighted by Gasteiger charge is 2.12. The third-order valence-electron chi connectivity index (χ3n) is 3.28. The van der Waals surface area contributed by atoms with Crippen molar-refractivity contribution in [2.24, 2.45) is 0 Å². The lowest BCUT2D eigenvalue weighted by Gasteiger charge is -2.11.